The van der Waals surface area contributed by atoms with Crippen molar-refractivity contribution >= 4 is 11.6 Å². The fourth-order valence-corrected chi connectivity index (χ4v) is 2.78. The van der Waals surface area contributed by atoms with Crippen LogP contribution in [-0.4, -0.2) is 13.1 Å². The summed E-state index contributed by atoms with van der Waals surface area (Å²) in [6, 6.07) is 5.69. The fourth-order valence-electron chi connectivity index (χ4n) is 2.45. The average Bonchev–Trinajstić information content (AvgIpc) is 2.29. The van der Waals surface area contributed by atoms with Gasteiger partial charge in [-0.15, -0.1) is 0 Å². The van der Waals surface area contributed by atoms with Gasteiger partial charge in [-0.3, -0.25) is 0 Å². The number of nitrogens with one attached hydrogen (secondary N) is 1. The molecule has 1 heterocycles. The first-order chi connectivity index (χ1) is 7.70. The molecule has 1 aromatic carbocycles. The van der Waals surface area contributed by atoms with E-state index in [1.54, 1.807) is 13.0 Å². The number of piperidine rings is 1. The van der Waals surface area contributed by atoms with Gasteiger partial charge in [0.25, 0.3) is 0 Å². The van der Waals surface area contributed by atoms with E-state index in [1.165, 1.54) is 0 Å². The Morgan fingerprint density at radius 1 is 1.50 bits per heavy atom. The summed E-state index contributed by atoms with van der Waals surface area (Å²) in [6.45, 7) is 3.55. The number of alkyl halides is 1. The number of halogens is 2. The Kier molecular flexibility index (Phi) is 3.82. The first kappa shape index (κ1) is 11.9. The van der Waals surface area contributed by atoms with E-state index < -0.39 is 6.17 Å². The molecule has 2 atom stereocenters. The van der Waals surface area contributed by atoms with Gasteiger partial charge in [0, 0.05) is 17.1 Å². The lowest BCUT2D eigenvalue weighted by Crippen LogP contribution is -2.29. The summed E-state index contributed by atoms with van der Waals surface area (Å²) >= 11 is 6.08. The van der Waals surface area contributed by atoms with Crippen LogP contribution in [-0.2, 0) is 0 Å². The molecule has 1 nitrogen and oxygen atoms in total. The lowest BCUT2D eigenvalue weighted by atomic mass is 9.87. The molecule has 3 heteroatoms. The molecular formula is C13H17ClFN. The molecule has 88 valence electrons. The predicted octanol–water partition coefficient (Wildman–Crippen LogP) is 3.84. The average molecular weight is 242 g/mol. The van der Waals surface area contributed by atoms with Crippen molar-refractivity contribution in [3.8, 4) is 0 Å². The first-order valence-electron chi connectivity index (χ1n) is 5.83. The second-order valence-electron chi connectivity index (χ2n) is 4.40. The van der Waals surface area contributed by atoms with Crippen molar-refractivity contribution in [3.63, 3.8) is 0 Å². The van der Waals surface area contributed by atoms with Crippen LogP contribution in [0.15, 0.2) is 18.2 Å². The minimum Gasteiger partial charge on any atom is -0.316 e. The molecule has 0 saturated carbocycles. The summed E-state index contributed by atoms with van der Waals surface area (Å²) in [5.74, 6) is 0.403. The molecule has 1 fully saturated rings. The Labute approximate surface area is 101 Å². The van der Waals surface area contributed by atoms with Crippen LogP contribution in [0.25, 0.3) is 0 Å². The Morgan fingerprint density at radius 2 is 2.31 bits per heavy atom. The molecule has 0 aliphatic carbocycles. The minimum atomic E-state index is -0.995. The molecule has 0 amide bonds. The molecule has 0 spiro atoms. The van der Waals surface area contributed by atoms with Gasteiger partial charge >= 0.3 is 0 Å². The summed E-state index contributed by atoms with van der Waals surface area (Å²) in [5.41, 5.74) is 1.76. The van der Waals surface area contributed by atoms with E-state index >= 15 is 0 Å². The quantitative estimate of drug-likeness (QED) is 0.830. The van der Waals surface area contributed by atoms with Crippen molar-refractivity contribution in [3.05, 3.63) is 34.3 Å². The normalized spacial score (nSPS) is 23.1. The van der Waals surface area contributed by atoms with Crippen LogP contribution in [0.1, 0.15) is 43.0 Å². The molecule has 0 bridgehead atoms. The van der Waals surface area contributed by atoms with Gasteiger partial charge in [-0.1, -0.05) is 23.7 Å². The van der Waals surface area contributed by atoms with Gasteiger partial charge in [-0.25, -0.2) is 4.39 Å². The Hall–Kier alpha value is -0.600. The van der Waals surface area contributed by atoms with Crippen molar-refractivity contribution in [2.75, 3.05) is 13.1 Å². The number of hydrogen-bond donors (Lipinski definition) is 1. The lowest BCUT2D eigenvalue weighted by molar-refractivity contribution is 0.366. The summed E-state index contributed by atoms with van der Waals surface area (Å²) in [7, 11) is 0. The van der Waals surface area contributed by atoms with Crippen LogP contribution in [0.4, 0.5) is 4.39 Å². The van der Waals surface area contributed by atoms with E-state index in [9.17, 15) is 4.39 Å². The van der Waals surface area contributed by atoms with E-state index in [2.05, 4.69) is 5.32 Å². The van der Waals surface area contributed by atoms with Crippen molar-refractivity contribution in [1.29, 1.82) is 0 Å². The Morgan fingerprint density at radius 3 is 2.94 bits per heavy atom. The molecule has 2 unspecified atom stereocenters. The summed E-state index contributed by atoms with van der Waals surface area (Å²) < 4.78 is 13.6. The molecule has 1 aromatic rings. The van der Waals surface area contributed by atoms with Crippen molar-refractivity contribution in [2.45, 2.75) is 31.9 Å². The molecular weight excluding hydrogens is 225 g/mol. The molecule has 16 heavy (non-hydrogen) atoms. The number of hydrogen-bond acceptors (Lipinski definition) is 1. The molecule has 1 aliphatic heterocycles. The van der Waals surface area contributed by atoms with E-state index in [4.69, 9.17) is 11.6 Å². The second kappa shape index (κ2) is 5.15. The summed E-state index contributed by atoms with van der Waals surface area (Å²) in [5, 5.41) is 3.91. The van der Waals surface area contributed by atoms with Crippen LogP contribution in [0.5, 0.6) is 0 Å². The zero-order valence-corrected chi connectivity index (χ0v) is 10.2. The summed E-state index contributed by atoms with van der Waals surface area (Å²) in [4.78, 5) is 0. The molecule has 1 aliphatic rings. The second-order valence-corrected chi connectivity index (χ2v) is 4.81. The van der Waals surface area contributed by atoms with Gasteiger partial charge in [-0.2, -0.15) is 0 Å². The van der Waals surface area contributed by atoms with Crippen LogP contribution in [0.2, 0.25) is 5.02 Å². The Balaban J connectivity index is 2.34. The highest BCUT2D eigenvalue weighted by Gasteiger charge is 2.22. The predicted molar refractivity (Wildman–Crippen MR) is 65.8 cm³/mol. The van der Waals surface area contributed by atoms with Crippen molar-refractivity contribution < 1.29 is 4.39 Å². The minimum absolute atomic E-state index is 0.403. The lowest BCUT2D eigenvalue weighted by Gasteiger charge is -2.26. The highest BCUT2D eigenvalue weighted by molar-refractivity contribution is 6.31. The van der Waals surface area contributed by atoms with E-state index in [0.29, 0.717) is 16.5 Å². The zero-order chi connectivity index (χ0) is 11.5. The summed E-state index contributed by atoms with van der Waals surface area (Å²) in [6.07, 6.45) is 1.27. The molecule has 2 rings (SSSR count). The van der Waals surface area contributed by atoms with Gasteiger partial charge < -0.3 is 5.32 Å². The van der Waals surface area contributed by atoms with Crippen LogP contribution < -0.4 is 5.32 Å². The maximum absolute atomic E-state index is 13.6. The fraction of sp³-hybridized carbons (Fsp3) is 0.538. The Bertz CT molecular complexity index is 359. The van der Waals surface area contributed by atoms with Gasteiger partial charge in [0.2, 0.25) is 0 Å². The van der Waals surface area contributed by atoms with Gasteiger partial charge in [-0.05, 0) is 43.9 Å². The molecule has 0 radical (unpaired) electrons. The molecule has 1 N–H and O–H groups in total. The third kappa shape index (κ3) is 2.38. The van der Waals surface area contributed by atoms with E-state index in [-0.39, 0.29) is 0 Å². The van der Waals surface area contributed by atoms with Crippen molar-refractivity contribution in [1.82, 2.24) is 5.32 Å². The third-order valence-electron chi connectivity index (χ3n) is 3.22. The van der Waals surface area contributed by atoms with Gasteiger partial charge in [0.1, 0.15) is 6.17 Å². The SMILES string of the molecule is CC(F)c1c(Cl)cccc1C1CCCNC1. The third-order valence-corrected chi connectivity index (χ3v) is 3.55. The van der Waals surface area contributed by atoms with Crippen LogP contribution >= 0.6 is 11.6 Å². The highest BCUT2D eigenvalue weighted by atomic mass is 35.5. The van der Waals surface area contributed by atoms with Crippen molar-refractivity contribution in [2.24, 2.45) is 0 Å². The topological polar surface area (TPSA) is 12.0 Å². The van der Waals surface area contributed by atoms with E-state index in [1.807, 2.05) is 12.1 Å². The first-order valence-corrected chi connectivity index (χ1v) is 6.21. The van der Waals surface area contributed by atoms with Crippen LogP contribution in [0, 0.1) is 0 Å². The zero-order valence-electron chi connectivity index (χ0n) is 9.47. The van der Waals surface area contributed by atoms with Gasteiger partial charge in [0.15, 0.2) is 0 Å². The molecule has 1 saturated heterocycles. The van der Waals surface area contributed by atoms with Crippen LogP contribution in [0.3, 0.4) is 0 Å². The molecule has 0 aromatic heterocycles. The van der Waals surface area contributed by atoms with E-state index in [0.717, 1.165) is 31.5 Å². The maximum Gasteiger partial charge on any atom is 0.124 e. The largest absolute Gasteiger partial charge is 0.316 e. The number of benzene rings is 1. The standard InChI is InChI=1S/C13H17ClFN/c1-9(15)13-11(5-2-6-12(13)14)10-4-3-7-16-8-10/h2,5-6,9-10,16H,3-4,7-8H2,1H3. The smallest absolute Gasteiger partial charge is 0.124 e. The monoisotopic (exact) mass is 241 g/mol. The highest BCUT2D eigenvalue weighted by Crippen LogP contribution is 2.35. The maximum atomic E-state index is 13.6. The number of rotatable bonds is 2. The van der Waals surface area contributed by atoms with Gasteiger partial charge in [0.05, 0.1) is 0 Å².